The Kier molecular flexibility index (Phi) is 8.64. The second-order valence-electron chi connectivity index (χ2n) is 9.19. The monoisotopic (exact) mass is 578 g/mol. The average molecular weight is 579 g/mol. The van der Waals surface area contributed by atoms with Gasteiger partial charge in [-0.1, -0.05) is 48.1 Å². The molecule has 4 aromatic rings. The van der Waals surface area contributed by atoms with Gasteiger partial charge in [0, 0.05) is 48.9 Å². The number of anilines is 1. The van der Waals surface area contributed by atoms with Crippen LogP contribution in [0.25, 0.3) is 11.0 Å². The van der Waals surface area contributed by atoms with Crippen molar-refractivity contribution in [3.63, 3.8) is 0 Å². The van der Waals surface area contributed by atoms with E-state index in [4.69, 9.17) is 18.9 Å². The number of hydrogen-bond acceptors (Lipinski definition) is 9. The van der Waals surface area contributed by atoms with E-state index >= 15 is 0 Å². The maximum Gasteiger partial charge on any atom is 0.288 e. The highest BCUT2D eigenvalue weighted by Gasteiger charge is 2.27. The number of ether oxygens (including phenoxy) is 1. The van der Waals surface area contributed by atoms with Crippen LogP contribution in [0.15, 0.2) is 94.9 Å². The summed E-state index contributed by atoms with van der Waals surface area (Å²) in [5, 5.41) is 4.69. The molecule has 0 atom stereocenters. The number of aromatic nitrogens is 1. The van der Waals surface area contributed by atoms with Crippen molar-refractivity contribution in [1.29, 1.82) is 0 Å². The summed E-state index contributed by atoms with van der Waals surface area (Å²) in [6, 6.07) is 21.1. The highest BCUT2D eigenvalue weighted by molar-refractivity contribution is 7.88. The van der Waals surface area contributed by atoms with E-state index in [2.05, 4.69) is 22.7 Å². The summed E-state index contributed by atoms with van der Waals surface area (Å²) in [5.74, 6) is 0.537. The second kappa shape index (κ2) is 12.5. The Morgan fingerprint density at radius 3 is 2.49 bits per heavy atom. The largest absolute Gasteiger partial charge is 0.489 e. The minimum Gasteiger partial charge on any atom is -0.489 e. The van der Waals surface area contributed by atoms with Crippen LogP contribution in [0.3, 0.4) is 0 Å². The Hall–Kier alpha value is -4.23. The molecule has 0 aliphatic carbocycles. The molecule has 0 unspecified atom stereocenters. The lowest BCUT2D eigenvalue weighted by molar-refractivity contribution is -0.294. The van der Waals surface area contributed by atoms with E-state index in [1.54, 1.807) is 41.3 Å². The number of carbonyl (C=O) groups is 1. The van der Waals surface area contributed by atoms with Crippen molar-refractivity contribution in [3.05, 3.63) is 96.7 Å². The van der Waals surface area contributed by atoms with Crippen LogP contribution in [0.4, 0.5) is 5.69 Å². The summed E-state index contributed by atoms with van der Waals surface area (Å²) in [5.41, 5.74) is 2.94. The van der Waals surface area contributed by atoms with Crippen LogP contribution in [0.2, 0.25) is 0 Å². The first kappa shape index (κ1) is 28.3. The number of hydrogen-bond donors (Lipinski definition) is 0. The molecular formula is C29H30N4O7S. The maximum absolute atomic E-state index is 12.8. The van der Waals surface area contributed by atoms with Crippen molar-refractivity contribution in [3.8, 4) is 5.75 Å². The summed E-state index contributed by atoms with van der Waals surface area (Å²) in [4.78, 5) is 26.4. The number of amides is 1. The van der Waals surface area contributed by atoms with Crippen molar-refractivity contribution < 1.29 is 32.1 Å². The van der Waals surface area contributed by atoms with Gasteiger partial charge in [-0.2, -0.15) is 0 Å². The third-order valence-corrected chi connectivity index (χ3v) is 8.22. The van der Waals surface area contributed by atoms with Gasteiger partial charge in [-0.25, -0.2) is 8.42 Å². The summed E-state index contributed by atoms with van der Waals surface area (Å²) in [7, 11) is -2.83. The number of rotatable bonds is 11. The van der Waals surface area contributed by atoms with E-state index in [1.165, 1.54) is 25.3 Å². The molecule has 0 spiro atoms. The molecule has 11 nitrogen and oxygen atoms in total. The van der Waals surface area contributed by atoms with Gasteiger partial charge in [-0.15, -0.1) is 0 Å². The predicted octanol–water partition coefficient (Wildman–Crippen LogP) is 3.93. The number of sulfonamides is 1. The van der Waals surface area contributed by atoms with Crippen molar-refractivity contribution in [2.45, 2.75) is 18.1 Å². The first-order valence-electron chi connectivity index (χ1n) is 12.9. The Bertz CT molecular complexity index is 1620. The van der Waals surface area contributed by atoms with Gasteiger partial charge in [0.25, 0.3) is 10.0 Å². The predicted molar refractivity (Wildman–Crippen MR) is 151 cm³/mol. The van der Waals surface area contributed by atoms with E-state index in [0.717, 1.165) is 24.3 Å². The smallest absolute Gasteiger partial charge is 0.288 e. The summed E-state index contributed by atoms with van der Waals surface area (Å²) >= 11 is 0. The third-order valence-electron chi connectivity index (χ3n) is 6.70. The van der Waals surface area contributed by atoms with E-state index in [9.17, 15) is 13.2 Å². The quantitative estimate of drug-likeness (QED) is 0.193. The number of fused-ring (bicyclic) bond motifs is 1. The van der Waals surface area contributed by atoms with Gasteiger partial charge in [0.2, 0.25) is 5.91 Å². The number of benzene rings is 3. The molecule has 0 saturated carbocycles. The molecule has 0 bridgehead atoms. The Morgan fingerprint density at radius 1 is 1.02 bits per heavy atom. The minimum atomic E-state index is -4.03. The second-order valence-corrected chi connectivity index (χ2v) is 10.9. The number of carbonyl (C=O) groups excluding carboxylic acids is 1. The van der Waals surface area contributed by atoms with Crippen LogP contribution >= 0.6 is 0 Å². The van der Waals surface area contributed by atoms with E-state index in [0.29, 0.717) is 46.7 Å². The topological polar surface area (TPSA) is 115 Å². The molecule has 1 fully saturated rings. The Balaban J connectivity index is 1.23. The zero-order valence-corrected chi connectivity index (χ0v) is 23.3. The Morgan fingerprint density at radius 2 is 1.76 bits per heavy atom. The molecule has 41 heavy (non-hydrogen) atoms. The Labute approximate surface area is 238 Å². The van der Waals surface area contributed by atoms with Crippen LogP contribution in [0, 0.1) is 0 Å². The molecule has 0 radical (unpaired) electrons. The molecule has 1 aromatic heterocycles. The fourth-order valence-electron chi connectivity index (χ4n) is 4.58. The third kappa shape index (κ3) is 6.25. The average Bonchev–Trinajstić information content (AvgIpc) is 3.42. The highest BCUT2D eigenvalue weighted by atomic mass is 32.2. The van der Waals surface area contributed by atoms with E-state index in [-0.39, 0.29) is 17.4 Å². The zero-order valence-electron chi connectivity index (χ0n) is 22.5. The zero-order chi connectivity index (χ0) is 28.8. The van der Waals surface area contributed by atoms with Crippen LogP contribution in [-0.2, 0) is 37.7 Å². The molecule has 1 saturated heterocycles. The SMILES string of the molecule is C=CC(=O)N1CCN(c2ccccc2COc2ccc3c(CON(OC)S(=O)(=O)c4ccccc4)noc3c2)CC1. The first-order chi connectivity index (χ1) is 19.9. The lowest BCUT2D eigenvalue weighted by Crippen LogP contribution is -2.48. The first-order valence-corrected chi connectivity index (χ1v) is 14.4. The van der Waals surface area contributed by atoms with Crippen LogP contribution in [0.1, 0.15) is 11.3 Å². The molecule has 2 heterocycles. The standard InChI is InChI=1S/C29H30N4O7S/c1-3-29(34)32-17-15-31(16-18-32)27-12-8-7-9-22(27)20-38-23-13-14-25-26(30-40-28(25)19-23)21-39-33(37-2)41(35,36)24-10-5-4-6-11-24/h3-14,19H,1,15-18,20-21H2,2H3. The van der Waals surface area contributed by atoms with E-state index in [1.807, 2.05) is 18.2 Å². The normalized spacial score (nSPS) is 14.0. The van der Waals surface area contributed by atoms with E-state index < -0.39 is 10.0 Å². The van der Waals surface area contributed by atoms with Crippen molar-refractivity contribution >= 4 is 32.6 Å². The summed E-state index contributed by atoms with van der Waals surface area (Å²) in [6.07, 6.45) is 1.35. The molecule has 3 aromatic carbocycles. The lowest BCUT2D eigenvalue weighted by atomic mass is 10.1. The van der Waals surface area contributed by atoms with Crippen LogP contribution in [-0.4, -0.2) is 62.3 Å². The van der Waals surface area contributed by atoms with Gasteiger partial charge < -0.3 is 19.1 Å². The van der Waals surface area contributed by atoms with Gasteiger partial charge in [-0.05, 0) is 36.4 Å². The maximum atomic E-state index is 12.8. The highest BCUT2D eigenvalue weighted by Crippen LogP contribution is 2.28. The molecule has 12 heteroatoms. The molecular weight excluding hydrogens is 548 g/mol. The fraction of sp³-hybridized carbons (Fsp3) is 0.241. The number of piperazine rings is 1. The van der Waals surface area contributed by atoms with Crippen LogP contribution < -0.4 is 9.64 Å². The molecule has 5 rings (SSSR count). The van der Waals surface area contributed by atoms with Crippen molar-refractivity contribution in [2.24, 2.45) is 0 Å². The molecule has 0 N–H and O–H groups in total. The summed E-state index contributed by atoms with van der Waals surface area (Å²) < 4.78 is 37.6. The molecule has 214 valence electrons. The van der Waals surface area contributed by atoms with Gasteiger partial charge in [-0.3, -0.25) is 14.5 Å². The molecule has 1 amide bonds. The van der Waals surface area contributed by atoms with Gasteiger partial charge >= 0.3 is 0 Å². The van der Waals surface area contributed by atoms with Gasteiger partial charge in [0.05, 0.1) is 16.6 Å². The lowest BCUT2D eigenvalue weighted by Gasteiger charge is -2.36. The van der Waals surface area contributed by atoms with Gasteiger partial charge in [0.1, 0.15) is 24.7 Å². The minimum absolute atomic E-state index is 0.0280. The van der Waals surface area contributed by atoms with Crippen molar-refractivity contribution in [1.82, 2.24) is 14.7 Å². The fourth-order valence-corrected chi connectivity index (χ4v) is 5.64. The number of para-hydroxylation sites is 1. The van der Waals surface area contributed by atoms with Crippen molar-refractivity contribution in [2.75, 3.05) is 38.2 Å². The summed E-state index contributed by atoms with van der Waals surface area (Å²) in [6.45, 7) is 6.41. The molecule has 1 aliphatic rings. The van der Waals surface area contributed by atoms with Crippen LogP contribution in [0.5, 0.6) is 5.75 Å². The number of nitrogens with zero attached hydrogens (tertiary/aromatic N) is 4. The van der Waals surface area contributed by atoms with Gasteiger partial charge in [0.15, 0.2) is 5.58 Å². The molecule has 1 aliphatic heterocycles.